The second-order valence-electron chi connectivity index (χ2n) is 7.58. The Morgan fingerprint density at radius 2 is 1.88 bits per heavy atom. The van der Waals surface area contributed by atoms with Crippen molar-refractivity contribution in [1.82, 2.24) is 5.32 Å². The molecule has 0 radical (unpaired) electrons. The van der Waals surface area contributed by atoms with Gasteiger partial charge in [-0.15, -0.1) is 0 Å². The standard InChI is InChI=1S/C19H30N2O3/c1-18(2,3)24-17(22)15-5-7-16(8-6-15)21-12-4-9-19(23)10-13-20-14-11-19/h5-8,20-21,23H,4,9-14H2,1-3H3. The van der Waals surface area contributed by atoms with Gasteiger partial charge in [-0.3, -0.25) is 0 Å². The smallest absolute Gasteiger partial charge is 0.338 e. The summed E-state index contributed by atoms with van der Waals surface area (Å²) in [6, 6.07) is 7.32. The van der Waals surface area contributed by atoms with Gasteiger partial charge in [0.15, 0.2) is 0 Å². The van der Waals surface area contributed by atoms with Crippen molar-refractivity contribution < 1.29 is 14.6 Å². The first kappa shape index (κ1) is 18.7. The summed E-state index contributed by atoms with van der Waals surface area (Å²) >= 11 is 0. The summed E-state index contributed by atoms with van der Waals surface area (Å²) in [5.74, 6) is -0.304. The van der Waals surface area contributed by atoms with Gasteiger partial charge in [-0.2, -0.15) is 0 Å². The molecule has 1 saturated heterocycles. The van der Waals surface area contributed by atoms with Gasteiger partial charge < -0.3 is 20.5 Å². The molecule has 1 aliphatic heterocycles. The van der Waals surface area contributed by atoms with Gasteiger partial charge in [-0.1, -0.05) is 0 Å². The fourth-order valence-corrected chi connectivity index (χ4v) is 2.85. The number of ether oxygens (including phenoxy) is 1. The van der Waals surface area contributed by atoms with E-state index in [0.29, 0.717) is 5.56 Å². The Morgan fingerprint density at radius 1 is 1.25 bits per heavy atom. The van der Waals surface area contributed by atoms with Gasteiger partial charge in [0, 0.05) is 12.2 Å². The summed E-state index contributed by atoms with van der Waals surface area (Å²) in [4.78, 5) is 12.0. The van der Waals surface area contributed by atoms with Crippen molar-refractivity contribution in [3.05, 3.63) is 29.8 Å². The van der Waals surface area contributed by atoms with Crippen LogP contribution in [0.5, 0.6) is 0 Å². The van der Waals surface area contributed by atoms with Gasteiger partial charge in [0.05, 0.1) is 11.2 Å². The number of aliphatic hydroxyl groups is 1. The number of esters is 1. The normalized spacial score (nSPS) is 17.3. The molecule has 2 rings (SSSR count). The van der Waals surface area contributed by atoms with Crippen molar-refractivity contribution in [2.45, 2.75) is 57.7 Å². The zero-order valence-corrected chi connectivity index (χ0v) is 15.0. The first-order chi connectivity index (χ1) is 11.3. The minimum absolute atomic E-state index is 0.304. The fourth-order valence-electron chi connectivity index (χ4n) is 2.85. The number of anilines is 1. The molecular formula is C19H30N2O3. The van der Waals surface area contributed by atoms with Crippen molar-refractivity contribution in [2.75, 3.05) is 25.0 Å². The van der Waals surface area contributed by atoms with E-state index in [1.165, 1.54) is 0 Å². The summed E-state index contributed by atoms with van der Waals surface area (Å²) in [5, 5.41) is 17.0. The summed E-state index contributed by atoms with van der Waals surface area (Å²) in [6.45, 7) is 8.18. The molecule has 5 heteroatoms. The Bertz CT molecular complexity index is 529. The van der Waals surface area contributed by atoms with Crippen molar-refractivity contribution in [2.24, 2.45) is 0 Å². The van der Waals surface area contributed by atoms with Gasteiger partial charge in [-0.25, -0.2) is 4.79 Å². The Labute approximate surface area is 144 Å². The van der Waals surface area contributed by atoms with Crippen LogP contribution in [0.25, 0.3) is 0 Å². The molecule has 1 aliphatic rings. The number of rotatable bonds is 6. The van der Waals surface area contributed by atoms with Crippen molar-refractivity contribution in [3.63, 3.8) is 0 Å². The van der Waals surface area contributed by atoms with E-state index in [-0.39, 0.29) is 5.97 Å². The highest BCUT2D eigenvalue weighted by Crippen LogP contribution is 2.23. The molecule has 0 unspecified atom stereocenters. The predicted octanol–water partition coefficient (Wildman–Crippen LogP) is 2.95. The second-order valence-corrected chi connectivity index (χ2v) is 7.58. The van der Waals surface area contributed by atoms with Crippen molar-refractivity contribution in [3.8, 4) is 0 Å². The highest BCUT2D eigenvalue weighted by Gasteiger charge is 2.28. The van der Waals surface area contributed by atoms with Crippen LogP contribution in [0.15, 0.2) is 24.3 Å². The third-order valence-electron chi connectivity index (χ3n) is 4.20. The molecule has 0 atom stereocenters. The Morgan fingerprint density at radius 3 is 2.46 bits per heavy atom. The van der Waals surface area contributed by atoms with Crippen molar-refractivity contribution >= 4 is 11.7 Å². The van der Waals surface area contributed by atoms with Gasteiger partial charge in [0.1, 0.15) is 5.60 Å². The van der Waals surface area contributed by atoms with Crippen LogP contribution in [-0.2, 0) is 4.74 Å². The number of hydrogen-bond donors (Lipinski definition) is 3. The van der Waals surface area contributed by atoms with Crippen LogP contribution in [0.4, 0.5) is 5.69 Å². The van der Waals surface area contributed by atoms with E-state index in [1.54, 1.807) is 12.1 Å². The first-order valence-electron chi connectivity index (χ1n) is 8.78. The highest BCUT2D eigenvalue weighted by atomic mass is 16.6. The first-order valence-corrected chi connectivity index (χ1v) is 8.78. The quantitative estimate of drug-likeness (QED) is 0.551. The zero-order valence-electron chi connectivity index (χ0n) is 15.0. The molecule has 134 valence electrons. The number of piperidine rings is 1. The van der Waals surface area contributed by atoms with E-state index in [9.17, 15) is 9.90 Å². The molecule has 0 aliphatic carbocycles. The number of nitrogens with one attached hydrogen (secondary N) is 2. The predicted molar refractivity (Wildman–Crippen MR) is 96.4 cm³/mol. The summed E-state index contributed by atoms with van der Waals surface area (Å²) in [7, 11) is 0. The zero-order chi connectivity index (χ0) is 17.6. The van der Waals surface area contributed by atoms with E-state index in [2.05, 4.69) is 10.6 Å². The van der Waals surface area contributed by atoms with Gasteiger partial charge in [0.25, 0.3) is 0 Å². The molecule has 24 heavy (non-hydrogen) atoms. The van der Waals surface area contributed by atoms with Gasteiger partial charge in [-0.05, 0) is 83.8 Å². The van der Waals surface area contributed by atoms with Crippen LogP contribution in [0, 0.1) is 0 Å². The average molecular weight is 334 g/mol. The topological polar surface area (TPSA) is 70.6 Å². The second kappa shape index (κ2) is 7.99. The molecule has 0 aromatic heterocycles. The van der Waals surface area contributed by atoms with Crippen LogP contribution in [0.3, 0.4) is 0 Å². The maximum atomic E-state index is 12.0. The van der Waals surface area contributed by atoms with E-state index in [0.717, 1.165) is 51.0 Å². The number of benzene rings is 1. The molecule has 5 nitrogen and oxygen atoms in total. The summed E-state index contributed by atoms with van der Waals surface area (Å²) in [6.07, 6.45) is 3.40. The lowest BCUT2D eigenvalue weighted by molar-refractivity contribution is 0.00150. The molecule has 0 spiro atoms. The molecular weight excluding hydrogens is 304 g/mol. The molecule has 1 heterocycles. The lowest BCUT2D eigenvalue weighted by Crippen LogP contribution is -2.42. The molecule has 1 aromatic rings. The van der Waals surface area contributed by atoms with Crippen LogP contribution in [0.1, 0.15) is 56.8 Å². The van der Waals surface area contributed by atoms with Crippen LogP contribution in [0.2, 0.25) is 0 Å². The molecule has 1 fully saturated rings. The minimum atomic E-state index is -0.506. The highest BCUT2D eigenvalue weighted by molar-refractivity contribution is 5.90. The van der Waals surface area contributed by atoms with Gasteiger partial charge >= 0.3 is 5.97 Å². The van der Waals surface area contributed by atoms with Crippen LogP contribution < -0.4 is 10.6 Å². The van der Waals surface area contributed by atoms with Crippen LogP contribution >= 0.6 is 0 Å². The third kappa shape index (κ3) is 6.13. The number of carbonyl (C=O) groups is 1. The molecule has 3 N–H and O–H groups in total. The van der Waals surface area contributed by atoms with E-state index in [1.807, 2.05) is 32.9 Å². The maximum Gasteiger partial charge on any atom is 0.338 e. The third-order valence-corrected chi connectivity index (χ3v) is 4.20. The molecule has 0 amide bonds. The minimum Gasteiger partial charge on any atom is -0.456 e. The number of hydrogen-bond acceptors (Lipinski definition) is 5. The van der Waals surface area contributed by atoms with E-state index >= 15 is 0 Å². The summed E-state index contributed by atoms with van der Waals surface area (Å²) < 4.78 is 5.35. The lowest BCUT2D eigenvalue weighted by Gasteiger charge is -2.32. The molecule has 1 aromatic carbocycles. The maximum absolute atomic E-state index is 12.0. The Hall–Kier alpha value is -1.59. The Kier molecular flexibility index (Phi) is 6.24. The largest absolute Gasteiger partial charge is 0.456 e. The monoisotopic (exact) mass is 334 g/mol. The Balaban J connectivity index is 1.74. The SMILES string of the molecule is CC(C)(C)OC(=O)c1ccc(NCCCC2(O)CCNCC2)cc1. The molecule has 0 bridgehead atoms. The van der Waals surface area contributed by atoms with E-state index < -0.39 is 11.2 Å². The van der Waals surface area contributed by atoms with Crippen molar-refractivity contribution in [1.29, 1.82) is 0 Å². The molecule has 0 saturated carbocycles. The number of carbonyl (C=O) groups excluding carboxylic acids is 1. The van der Waals surface area contributed by atoms with E-state index in [4.69, 9.17) is 4.74 Å². The fraction of sp³-hybridized carbons (Fsp3) is 0.632. The van der Waals surface area contributed by atoms with Crippen LogP contribution in [-0.4, -0.2) is 41.9 Å². The van der Waals surface area contributed by atoms with Gasteiger partial charge in [0.2, 0.25) is 0 Å². The summed E-state index contributed by atoms with van der Waals surface area (Å²) in [5.41, 5.74) is 0.537. The average Bonchev–Trinajstić information content (AvgIpc) is 2.51. The lowest BCUT2D eigenvalue weighted by atomic mass is 9.88.